The first-order valence-corrected chi connectivity index (χ1v) is 7.30. The molecule has 4 unspecified atom stereocenters. The Morgan fingerprint density at radius 3 is 3.00 bits per heavy atom. The lowest BCUT2D eigenvalue weighted by Crippen LogP contribution is -2.41. The number of carbonyl (C=O) groups excluding carboxylic acids is 1. The molecule has 2 N–H and O–H groups in total. The van der Waals surface area contributed by atoms with Crippen molar-refractivity contribution in [3.05, 3.63) is 36.1 Å². The first-order chi connectivity index (χ1) is 9.66. The number of carbonyl (C=O) groups is 1. The molecule has 0 spiro atoms. The van der Waals surface area contributed by atoms with Gasteiger partial charge in [-0.2, -0.15) is 0 Å². The number of allylic oxidation sites excluding steroid dienone is 2. The van der Waals surface area contributed by atoms with Gasteiger partial charge in [0, 0.05) is 36.5 Å². The van der Waals surface area contributed by atoms with Crippen molar-refractivity contribution >= 4 is 12.1 Å². The van der Waals surface area contributed by atoms with Crippen LogP contribution in [0.3, 0.4) is 0 Å². The van der Waals surface area contributed by atoms with Crippen molar-refractivity contribution in [3.8, 4) is 0 Å². The van der Waals surface area contributed by atoms with Gasteiger partial charge in [0.15, 0.2) is 0 Å². The van der Waals surface area contributed by atoms with Crippen LogP contribution < -0.4 is 10.6 Å². The van der Waals surface area contributed by atoms with E-state index in [0.29, 0.717) is 17.9 Å². The van der Waals surface area contributed by atoms with Crippen LogP contribution in [0.4, 0.5) is 0 Å². The van der Waals surface area contributed by atoms with Crippen LogP contribution in [0, 0.1) is 11.8 Å². The van der Waals surface area contributed by atoms with Crippen molar-refractivity contribution in [2.45, 2.75) is 38.4 Å². The number of aliphatic imine (C=N–C) groups is 1. The Morgan fingerprint density at radius 2 is 2.20 bits per heavy atom. The van der Waals surface area contributed by atoms with Crippen LogP contribution in [-0.2, 0) is 4.79 Å². The molecule has 106 valence electrons. The quantitative estimate of drug-likeness (QED) is 0.801. The maximum atomic E-state index is 12.4. The van der Waals surface area contributed by atoms with E-state index >= 15 is 0 Å². The van der Waals surface area contributed by atoms with E-state index in [0.717, 1.165) is 12.0 Å². The second-order valence-electron chi connectivity index (χ2n) is 5.96. The summed E-state index contributed by atoms with van der Waals surface area (Å²) in [5, 5.41) is 6.57. The van der Waals surface area contributed by atoms with Crippen molar-refractivity contribution in [1.29, 1.82) is 0 Å². The molecule has 2 aliphatic heterocycles. The molecule has 20 heavy (non-hydrogen) atoms. The first kappa shape index (κ1) is 13.3. The molecule has 3 rings (SSSR count). The van der Waals surface area contributed by atoms with E-state index < -0.39 is 0 Å². The van der Waals surface area contributed by atoms with Crippen molar-refractivity contribution in [2.24, 2.45) is 16.8 Å². The van der Waals surface area contributed by atoms with Crippen LogP contribution in [0.5, 0.6) is 0 Å². The Kier molecular flexibility index (Phi) is 3.57. The van der Waals surface area contributed by atoms with E-state index in [2.05, 4.69) is 39.9 Å². The fourth-order valence-corrected chi connectivity index (χ4v) is 3.31. The van der Waals surface area contributed by atoms with Gasteiger partial charge in [-0.15, -0.1) is 0 Å². The molecule has 4 heteroatoms. The van der Waals surface area contributed by atoms with E-state index in [4.69, 9.17) is 0 Å². The third-order valence-corrected chi connectivity index (χ3v) is 4.19. The molecule has 2 heterocycles. The minimum absolute atomic E-state index is 0.00634. The van der Waals surface area contributed by atoms with Gasteiger partial charge >= 0.3 is 0 Å². The second kappa shape index (κ2) is 5.37. The molecule has 0 aromatic carbocycles. The number of nitrogens with zero attached hydrogens (tertiary/aromatic N) is 1. The summed E-state index contributed by atoms with van der Waals surface area (Å²) in [5.74, 6) is 0.842. The number of nitrogens with one attached hydrogen (secondary N) is 2. The summed E-state index contributed by atoms with van der Waals surface area (Å²) in [6, 6.07) is 0.549. The van der Waals surface area contributed by atoms with Crippen LogP contribution >= 0.6 is 0 Å². The highest BCUT2D eigenvalue weighted by Gasteiger charge is 2.44. The van der Waals surface area contributed by atoms with Gasteiger partial charge in [0.25, 0.3) is 5.91 Å². The summed E-state index contributed by atoms with van der Waals surface area (Å²) in [4.78, 5) is 16.7. The van der Waals surface area contributed by atoms with Crippen molar-refractivity contribution < 1.29 is 4.79 Å². The van der Waals surface area contributed by atoms with E-state index in [1.54, 1.807) is 6.20 Å². The minimum Gasteiger partial charge on any atom is -0.350 e. The Hall–Kier alpha value is -1.68. The summed E-state index contributed by atoms with van der Waals surface area (Å²) >= 11 is 0. The van der Waals surface area contributed by atoms with Gasteiger partial charge in [0.2, 0.25) is 0 Å². The summed E-state index contributed by atoms with van der Waals surface area (Å²) in [6.07, 6.45) is 13.2. The lowest BCUT2D eigenvalue weighted by Gasteiger charge is -2.22. The van der Waals surface area contributed by atoms with Gasteiger partial charge in [-0.1, -0.05) is 24.3 Å². The van der Waals surface area contributed by atoms with Gasteiger partial charge in [-0.3, -0.25) is 9.79 Å². The molecule has 1 aliphatic carbocycles. The van der Waals surface area contributed by atoms with Gasteiger partial charge in [-0.25, -0.2) is 0 Å². The molecule has 1 amide bonds. The molecule has 1 fully saturated rings. The van der Waals surface area contributed by atoms with E-state index in [-0.39, 0.29) is 18.0 Å². The lowest BCUT2D eigenvalue weighted by atomic mass is 9.81. The monoisotopic (exact) mass is 271 g/mol. The maximum Gasteiger partial charge on any atom is 0.250 e. The smallest absolute Gasteiger partial charge is 0.250 e. The topological polar surface area (TPSA) is 53.5 Å². The van der Waals surface area contributed by atoms with Crippen LogP contribution in [-0.4, -0.2) is 30.2 Å². The first-order valence-electron chi connectivity index (χ1n) is 7.30. The Labute approximate surface area is 119 Å². The molecule has 0 radical (unpaired) electrons. The predicted octanol–water partition coefficient (Wildman–Crippen LogP) is 1.57. The highest BCUT2D eigenvalue weighted by molar-refractivity contribution is 5.95. The summed E-state index contributed by atoms with van der Waals surface area (Å²) in [6.45, 7) is 3.95. The maximum absolute atomic E-state index is 12.4. The van der Waals surface area contributed by atoms with Crippen LogP contribution in [0.2, 0.25) is 0 Å². The average molecular weight is 271 g/mol. The Balaban J connectivity index is 1.86. The van der Waals surface area contributed by atoms with Gasteiger partial charge in [-0.05, 0) is 26.2 Å². The third kappa shape index (κ3) is 2.36. The summed E-state index contributed by atoms with van der Waals surface area (Å²) in [5.41, 5.74) is 0.758. The second-order valence-corrected chi connectivity index (χ2v) is 5.96. The average Bonchev–Trinajstić information content (AvgIpc) is 2.63. The number of amides is 1. The third-order valence-electron chi connectivity index (χ3n) is 4.19. The molecule has 0 aromatic rings. The minimum atomic E-state index is -0.00634. The molecule has 1 saturated heterocycles. The zero-order valence-electron chi connectivity index (χ0n) is 11.9. The fraction of sp³-hybridized carbons (Fsp3) is 0.500. The van der Waals surface area contributed by atoms with Crippen LogP contribution in [0.1, 0.15) is 20.3 Å². The fourth-order valence-electron chi connectivity index (χ4n) is 3.31. The summed E-state index contributed by atoms with van der Waals surface area (Å²) < 4.78 is 0. The molecule has 0 saturated carbocycles. The molecule has 3 aliphatic rings. The number of rotatable bonds is 2. The van der Waals surface area contributed by atoms with Crippen LogP contribution in [0.15, 0.2) is 41.1 Å². The SMILES string of the molecule is CC(C)NC(=O)C1=CN=CCC2C1NC1C=CC=CC12. The molecular formula is C16H21N3O. The molecule has 0 bridgehead atoms. The molecule has 4 nitrogen and oxygen atoms in total. The van der Waals surface area contributed by atoms with Crippen molar-refractivity contribution in [2.75, 3.05) is 0 Å². The summed E-state index contributed by atoms with van der Waals surface area (Å²) in [7, 11) is 0. The highest BCUT2D eigenvalue weighted by atomic mass is 16.1. The Morgan fingerprint density at radius 1 is 1.40 bits per heavy atom. The highest BCUT2D eigenvalue weighted by Crippen LogP contribution is 2.37. The number of hydrogen-bond donors (Lipinski definition) is 2. The molecule has 0 aromatic heterocycles. The van der Waals surface area contributed by atoms with E-state index in [1.807, 2.05) is 20.1 Å². The van der Waals surface area contributed by atoms with Gasteiger partial charge < -0.3 is 10.6 Å². The van der Waals surface area contributed by atoms with Crippen LogP contribution in [0.25, 0.3) is 0 Å². The zero-order chi connectivity index (χ0) is 14.1. The standard InChI is InChI=1S/C16H21N3O/c1-10(2)18-16(20)13-9-17-8-7-12-11-5-3-4-6-14(11)19-15(12)13/h3-6,8-12,14-15,19H,7H2,1-2H3,(H,18,20). The molecule has 4 atom stereocenters. The normalized spacial score (nSPS) is 34.5. The molecular weight excluding hydrogens is 250 g/mol. The predicted molar refractivity (Wildman–Crippen MR) is 80.4 cm³/mol. The zero-order valence-corrected chi connectivity index (χ0v) is 11.9. The van der Waals surface area contributed by atoms with Crippen molar-refractivity contribution in [3.63, 3.8) is 0 Å². The van der Waals surface area contributed by atoms with Crippen molar-refractivity contribution in [1.82, 2.24) is 10.6 Å². The van der Waals surface area contributed by atoms with Gasteiger partial charge in [0.05, 0.1) is 5.57 Å². The largest absolute Gasteiger partial charge is 0.350 e. The van der Waals surface area contributed by atoms with E-state index in [9.17, 15) is 4.79 Å². The van der Waals surface area contributed by atoms with E-state index in [1.165, 1.54) is 0 Å². The Bertz CT molecular complexity index is 516. The lowest BCUT2D eigenvalue weighted by molar-refractivity contribution is -0.118. The number of fused-ring (bicyclic) bond motifs is 3. The number of hydrogen-bond acceptors (Lipinski definition) is 3. The van der Waals surface area contributed by atoms with Gasteiger partial charge in [0.1, 0.15) is 0 Å².